The van der Waals surface area contributed by atoms with E-state index in [4.69, 9.17) is 4.74 Å². The van der Waals surface area contributed by atoms with Gasteiger partial charge in [0.2, 0.25) is 0 Å². The lowest BCUT2D eigenvalue weighted by Gasteiger charge is -2.14. The van der Waals surface area contributed by atoms with Crippen molar-refractivity contribution in [2.24, 2.45) is 0 Å². The number of nitrogens with zero attached hydrogens (tertiary/aromatic N) is 1. The second-order valence-corrected chi connectivity index (χ2v) is 4.56. The highest BCUT2D eigenvalue weighted by Crippen LogP contribution is 2.25. The third kappa shape index (κ3) is 2.66. The molecule has 0 aliphatic heterocycles. The number of aromatic nitrogens is 1. The molecule has 0 unspecified atom stereocenters. The van der Waals surface area contributed by atoms with E-state index in [2.05, 4.69) is 4.74 Å². The van der Waals surface area contributed by atoms with Crippen molar-refractivity contribution in [3.63, 3.8) is 0 Å². The van der Waals surface area contributed by atoms with Crippen molar-refractivity contribution in [2.45, 2.75) is 19.9 Å². The number of aryl methyl sites for hydroxylation is 2. The summed E-state index contributed by atoms with van der Waals surface area (Å²) in [4.78, 5) is 23.3. The first kappa shape index (κ1) is 14.1. The number of carbonyl (C=O) groups excluding carboxylic acids is 1. The van der Waals surface area contributed by atoms with Gasteiger partial charge in [-0.3, -0.25) is 9.59 Å². The zero-order chi connectivity index (χ0) is 14.7. The van der Waals surface area contributed by atoms with Gasteiger partial charge < -0.3 is 14.0 Å². The standard InChI is InChI=1S/C15H17NO4/c1-10-8-11-12(17)4-6-16(7-5-14(18)20-3)15(11)13(9-10)19-2/h4,6,8-9H,5,7H2,1-3H3. The van der Waals surface area contributed by atoms with Gasteiger partial charge >= 0.3 is 5.97 Å². The maximum Gasteiger partial charge on any atom is 0.307 e. The normalized spacial score (nSPS) is 10.6. The van der Waals surface area contributed by atoms with Gasteiger partial charge in [-0.2, -0.15) is 0 Å². The van der Waals surface area contributed by atoms with Gasteiger partial charge in [-0.25, -0.2) is 0 Å². The first-order chi connectivity index (χ1) is 9.56. The van der Waals surface area contributed by atoms with E-state index in [0.717, 1.165) is 5.56 Å². The van der Waals surface area contributed by atoms with Gasteiger partial charge in [-0.15, -0.1) is 0 Å². The number of methoxy groups -OCH3 is 2. The van der Waals surface area contributed by atoms with E-state index in [1.165, 1.54) is 13.2 Å². The highest BCUT2D eigenvalue weighted by molar-refractivity contribution is 5.85. The quantitative estimate of drug-likeness (QED) is 0.799. The van der Waals surface area contributed by atoms with E-state index >= 15 is 0 Å². The molecule has 2 aromatic rings. The summed E-state index contributed by atoms with van der Waals surface area (Å²) in [5, 5.41) is 0.592. The molecule has 0 aliphatic carbocycles. The predicted molar refractivity (Wildman–Crippen MR) is 76.1 cm³/mol. The predicted octanol–water partition coefficient (Wildman–Crippen LogP) is 1.88. The van der Waals surface area contributed by atoms with Gasteiger partial charge in [0.15, 0.2) is 5.43 Å². The van der Waals surface area contributed by atoms with Gasteiger partial charge in [0, 0.05) is 24.2 Å². The van der Waals surface area contributed by atoms with E-state index in [0.29, 0.717) is 23.2 Å². The fraction of sp³-hybridized carbons (Fsp3) is 0.333. The summed E-state index contributed by atoms with van der Waals surface area (Å²) in [6.07, 6.45) is 1.91. The van der Waals surface area contributed by atoms with E-state index < -0.39 is 0 Å². The summed E-state index contributed by atoms with van der Waals surface area (Å²) < 4.78 is 11.8. The van der Waals surface area contributed by atoms with Gasteiger partial charge in [0.25, 0.3) is 0 Å². The lowest BCUT2D eigenvalue weighted by Crippen LogP contribution is -2.12. The maximum atomic E-state index is 12.0. The molecule has 1 heterocycles. The first-order valence-corrected chi connectivity index (χ1v) is 6.31. The van der Waals surface area contributed by atoms with Crippen LogP contribution in [0.2, 0.25) is 0 Å². The molecule has 0 N–H and O–H groups in total. The number of rotatable bonds is 4. The van der Waals surface area contributed by atoms with E-state index in [1.54, 1.807) is 13.3 Å². The molecule has 2 rings (SSSR count). The zero-order valence-electron chi connectivity index (χ0n) is 11.8. The van der Waals surface area contributed by atoms with Crippen molar-refractivity contribution >= 4 is 16.9 Å². The molecule has 0 saturated carbocycles. The molecule has 5 nitrogen and oxygen atoms in total. The minimum Gasteiger partial charge on any atom is -0.495 e. The number of fused-ring (bicyclic) bond motifs is 1. The van der Waals surface area contributed by atoms with Crippen molar-refractivity contribution in [3.05, 3.63) is 40.2 Å². The van der Waals surface area contributed by atoms with Gasteiger partial charge in [0.1, 0.15) is 5.75 Å². The molecular weight excluding hydrogens is 258 g/mol. The van der Waals surface area contributed by atoms with E-state index in [-0.39, 0.29) is 17.8 Å². The number of carbonyl (C=O) groups is 1. The minimum atomic E-state index is -0.289. The van der Waals surface area contributed by atoms with Crippen molar-refractivity contribution in [1.82, 2.24) is 4.57 Å². The summed E-state index contributed by atoms with van der Waals surface area (Å²) in [6, 6.07) is 5.20. The zero-order valence-corrected chi connectivity index (χ0v) is 11.8. The molecule has 0 amide bonds. The number of pyridine rings is 1. The third-order valence-electron chi connectivity index (χ3n) is 3.18. The highest BCUT2D eigenvalue weighted by Gasteiger charge is 2.11. The Morgan fingerprint density at radius 1 is 1.30 bits per heavy atom. The van der Waals surface area contributed by atoms with Crippen LogP contribution in [-0.4, -0.2) is 24.8 Å². The minimum absolute atomic E-state index is 0.0590. The Morgan fingerprint density at radius 3 is 2.70 bits per heavy atom. The van der Waals surface area contributed by atoms with Crippen LogP contribution in [0.25, 0.3) is 10.9 Å². The second kappa shape index (κ2) is 5.77. The molecular formula is C15H17NO4. The highest BCUT2D eigenvalue weighted by atomic mass is 16.5. The second-order valence-electron chi connectivity index (χ2n) is 4.56. The number of benzene rings is 1. The van der Waals surface area contributed by atoms with Gasteiger partial charge in [0.05, 0.1) is 26.2 Å². The molecule has 1 aromatic heterocycles. The number of hydrogen-bond donors (Lipinski definition) is 0. The van der Waals surface area contributed by atoms with Crippen LogP contribution >= 0.6 is 0 Å². The average Bonchev–Trinajstić information content (AvgIpc) is 2.45. The number of hydrogen-bond acceptors (Lipinski definition) is 4. The first-order valence-electron chi connectivity index (χ1n) is 6.31. The van der Waals surface area contributed by atoms with Crippen LogP contribution in [0.5, 0.6) is 5.75 Å². The summed E-state index contributed by atoms with van der Waals surface area (Å²) in [6.45, 7) is 2.34. The van der Waals surface area contributed by atoms with Crippen LogP contribution in [0.1, 0.15) is 12.0 Å². The van der Waals surface area contributed by atoms with Crippen LogP contribution in [0.3, 0.4) is 0 Å². The smallest absolute Gasteiger partial charge is 0.307 e. The Kier molecular flexibility index (Phi) is 4.08. The number of esters is 1. The summed E-state index contributed by atoms with van der Waals surface area (Å²) >= 11 is 0. The Labute approximate surface area is 116 Å². The molecule has 0 spiro atoms. The average molecular weight is 275 g/mol. The molecule has 106 valence electrons. The Hall–Kier alpha value is -2.30. The number of ether oxygens (including phenoxy) is 2. The summed E-state index contributed by atoms with van der Waals surface area (Å²) in [7, 11) is 2.92. The van der Waals surface area contributed by atoms with Crippen LogP contribution in [0.15, 0.2) is 29.2 Å². The Bertz CT molecular complexity index is 703. The molecule has 0 radical (unpaired) electrons. The van der Waals surface area contributed by atoms with E-state index in [9.17, 15) is 9.59 Å². The van der Waals surface area contributed by atoms with Crippen molar-refractivity contribution in [1.29, 1.82) is 0 Å². The summed E-state index contributed by atoms with van der Waals surface area (Å²) in [5.41, 5.74) is 1.60. The maximum absolute atomic E-state index is 12.0. The van der Waals surface area contributed by atoms with Gasteiger partial charge in [-0.05, 0) is 24.6 Å². The molecule has 0 atom stereocenters. The third-order valence-corrected chi connectivity index (χ3v) is 3.18. The molecule has 0 saturated heterocycles. The molecule has 0 bridgehead atoms. The van der Waals surface area contributed by atoms with Crippen molar-refractivity contribution < 1.29 is 14.3 Å². The van der Waals surface area contributed by atoms with Crippen LogP contribution < -0.4 is 10.2 Å². The van der Waals surface area contributed by atoms with Crippen LogP contribution in [0, 0.1) is 6.92 Å². The molecule has 0 fully saturated rings. The van der Waals surface area contributed by atoms with E-state index in [1.807, 2.05) is 23.6 Å². The largest absolute Gasteiger partial charge is 0.495 e. The van der Waals surface area contributed by atoms with Crippen LogP contribution in [0.4, 0.5) is 0 Å². The monoisotopic (exact) mass is 275 g/mol. The molecule has 0 aliphatic rings. The Morgan fingerprint density at radius 2 is 2.05 bits per heavy atom. The lowest BCUT2D eigenvalue weighted by molar-refractivity contribution is -0.140. The van der Waals surface area contributed by atoms with Gasteiger partial charge in [-0.1, -0.05) is 0 Å². The van der Waals surface area contributed by atoms with Crippen LogP contribution in [-0.2, 0) is 16.1 Å². The molecule has 1 aromatic carbocycles. The summed E-state index contributed by atoms with van der Waals surface area (Å²) in [5.74, 6) is 0.338. The SMILES string of the molecule is COC(=O)CCn1ccc(=O)c2cc(C)cc(OC)c21. The fourth-order valence-electron chi connectivity index (χ4n) is 2.21. The lowest BCUT2D eigenvalue weighted by atomic mass is 10.1. The molecule has 5 heteroatoms. The molecule has 20 heavy (non-hydrogen) atoms. The fourth-order valence-corrected chi connectivity index (χ4v) is 2.21. The van der Waals surface area contributed by atoms with Crippen molar-refractivity contribution in [3.8, 4) is 5.75 Å². The van der Waals surface area contributed by atoms with Crippen molar-refractivity contribution in [2.75, 3.05) is 14.2 Å². The topological polar surface area (TPSA) is 57.5 Å². The Balaban J connectivity index is 2.58.